The number of benzene rings is 1. The summed E-state index contributed by atoms with van der Waals surface area (Å²) in [6.45, 7) is 5.63. The first-order valence-electron chi connectivity index (χ1n) is 6.53. The number of rotatable bonds is 6. The Labute approximate surface area is 104 Å². The molecule has 2 nitrogen and oxygen atoms in total. The molecule has 0 bridgehead atoms. The molecule has 1 aliphatic rings. The molecule has 1 aliphatic carbocycles. The van der Waals surface area contributed by atoms with E-state index in [9.17, 15) is 0 Å². The summed E-state index contributed by atoms with van der Waals surface area (Å²) in [6, 6.07) is 8.62. The monoisotopic (exact) mass is 233 g/mol. The first-order valence-corrected chi connectivity index (χ1v) is 6.53. The quantitative estimate of drug-likeness (QED) is 0.815. The lowest BCUT2D eigenvalue weighted by Crippen LogP contribution is -2.23. The smallest absolute Gasteiger partial charge is 0.119 e. The third kappa shape index (κ3) is 3.47. The Kier molecular flexibility index (Phi) is 3.72. The molecule has 1 aromatic rings. The van der Waals surface area contributed by atoms with E-state index in [-0.39, 0.29) is 5.41 Å². The molecule has 0 amide bonds. The van der Waals surface area contributed by atoms with Gasteiger partial charge in [-0.25, -0.2) is 0 Å². The van der Waals surface area contributed by atoms with Crippen LogP contribution in [-0.4, -0.2) is 19.7 Å². The molecule has 1 N–H and O–H groups in total. The Morgan fingerprint density at radius 2 is 1.88 bits per heavy atom. The van der Waals surface area contributed by atoms with Gasteiger partial charge in [-0.15, -0.1) is 0 Å². The van der Waals surface area contributed by atoms with Crippen LogP contribution in [0.4, 0.5) is 0 Å². The van der Waals surface area contributed by atoms with E-state index in [1.54, 1.807) is 0 Å². The first-order chi connectivity index (χ1) is 8.12. The van der Waals surface area contributed by atoms with Crippen LogP contribution < -0.4 is 10.1 Å². The van der Waals surface area contributed by atoms with Gasteiger partial charge >= 0.3 is 0 Å². The van der Waals surface area contributed by atoms with Gasteiger partial charge in [-0.2, -0.15) is 0 Å². The summed E-state index contributed by atoms with van der Waals surface area (Å²) in [7, 11) is 2.00. The molecule has 94 valence electrons. The molecule has 17 heavy (non-hydrogen) atoms. The second-order valence-electron chi connectivity index (χ2n) is 5.58. The maximum absolute atomic E-state index is 5.76. The largest absolute Gasteiger partial charge is 0.490 e. The summed E-state index contributed by atoms with van der Waals surface area (Å²) in [6.07, 6.45) is 4.06. The van der Waals surface area contributed by atoms with E-state index >= 15 is 0 Å². The van der Waals surface area contributed by atoms with Crippen molar-refractivity contribution in [1.82, 2.24) is 5.32 Å². The van der Waals surface area contributed by atoms with Crippen LogP contribution in [0.15, 0.2) is 24.3 Å². The molecule has 2 rings (SSSR count). The summed E-state index contributed by atoms with van der Waals surface area (Å²) in [5.74, 6) is 1.01. The summed E-state index contributed by atoms with van der Waals surface area (Å²) in [4.78, 5) is 0. The fraction of sp³-hybridized carbons (Fsp3) is 0.600. The Bertz CT molecular complexity index is 352. The Balaban J connectivity index is 1.99. The van der Waals surface area contributed by atoms with Crippen molar-refractivity contribution in [2.75, 3.05) is 13.6 Å². The minimum atomic E-state index is 0.223. The minimum Gasteiger partial charge on any atom is -0.490 e. The molecular weight excluding hydrogens is 210 g/mol. The summed E-state index contributed by atoms with van der Waals surface area (Å²) in [5, 5.41) is 3.21. The summed E-state index contributed by atoms with van der Waals surface area (Å²) in [5.41, 5.74) is 1.61. The van der Waals surface area contributed by atoms with Gasteiger partial charge in [0.05, 0.1) is 6.10 Å². The van der Waals surface area contributed by atoms with Crippen molar-refractivity contribution in [3.05, 3.63) is 29.8 Å². The van der Waals surface area contributed by atoms with Gasteiger partial charge in [0.25, 0.3) is 0 Å². The maximum atomic E-state index is 5.76. The Morgan fingerprint density at radius 1 is 1.24 bits per heavy atom. The number of nitrogens with one attached hydrogen (secondary N) is 1. The van der Waals surface area contributed by atoms with Crippen molar-refractivity contribution >= 4 is 0 Å². The number of hydrogen-bond acceptors (Lipinski definition) is 2. The van der Waals surface area contributed by atoms with Crippen LogP contribution in [0.2, 0.25) is 0 Å². The molecule has 0 saturated heterocycles. The van der Waals surface area contributed by atoms with Crippen molar-refractivity contribution in [2.24, 2.45) is 0 Å². The highest BCUT2D eigenvalue weighted by Crippen LogP contribution is 2.30. The molecule has 0 aromatic heterocycles. The van der Waals surface area contributed by atoms with Gasteiger partial charge in [-0.3, -0.25) is 0 Å². The molecule has 0 aliphatic heterocycles. The highest BCUT2D eigenvalue weighted by atomic mass is 16.5. The van der Waals surface area contributed by atoms with Gasteiger partial charge in [0.1, 0.15) is 5.75 Å². The standard InChI is InChI=1S/C15H23NO/c1-15(2,10-11-16-3)12-4-6-13(7-5-12)17-14-8-9-14/h4-7,14,16H,8-11H2,1-3H3. The average molecular weight is 233 g/mol. The molecule has 1 saturated carbocycles. The molecule has 0 atom stereocenters. The van der Waals surface area contributed by atoms with Crippen LogP contribution >= 0.6 is 0 Å². The van der Waals surface area contributed by atoms with E-state index in [0.29, 0.717) is 6.10 Å². The third-order valence-corrected chi connectivity index (χ3v) is 3.46. The van der Waals surface area contributed by atoms with Crippen LogP contribution in [0, 0.1) is 0 Å². The normalized spacial score (nSPS) is 15.9. The predicted octanol–water partition coefficient (Wildman–Crippen LogP) is 3.11. The lowest BCUT2D eigenvalue weighted by atomic mass is 9.81. The van der Waals surface area contributed by atoms with Crippen molar-refractivity contribution < 1.29 is 4.74 Å². The van der Waals surface area contributed by atoms with Crippen LogP contribution in [0.25, 0.3) is 0 Å². The van der Waals surface area contributed by atoms with Crippen molar-refractivity contribution in [2.45, 2.75) is 44.6 Å². The van der Waals surface area contributed by atoms with Crippen LogP contribution in [0.5, 0.6) is 5.75 Å². The van der Waals surface area contributed by atoms with E-state index in [2.05, 4.69) is 43.4 Å². The Morgan fingerprint density at radius 3 is 2.41 bits per heavy atom. The van der Waals surface area contributed by atoms with E-state index < -0.39 is 0 Å². The lowest BCUT2D eigenvalue weighted by molar-refractivity contribution is 0.303. The third-order valence-electron chi connectivity index (χ3n) is 3.46. The van der Waals surface area contributed by atoms with Gasteiger partial charge in [-0.1, -0.05) is 26.0 Å². The van der Waals surface area contributed by atoms with E-state index in [0.717, 1.165) is 18.7 Å². The number of hydrogen-bond donors (Lipinski definition) is 1. The van der Waals surface area contributed by atoms with Crippen molar-refractivity contribution in [3.63, 3.8) is 0 Å². The highest BCUT2D eigenvalue weighted by molar-refractivity contribution is 5.32. The second kappa shape index (κ2) is 5.09. The van der Waals surface area contributed by atoms with Crippen LogP contribution in [0.1, 0.15) is 38.7 Å². The summed E-state index contributed by atoms with van der Waals surface area (Å²) >= 11 is 0. The van der Waals surface area contributed by atoms with Gasteiger partial charge in [0.2, 0.25) is 0 Å². The molecule has 0 unspecified atom stereocenters. The van der Waals surface area contributed by atoms with E-state index in [1.165, 1.54) is 18.4 Å². The van der Waals surface area contributed by atoms with Gasteiger partial charge in [-0.05, 0) is 56.0 Å². The highest BCUT2D eigenvalue weighted by Gasteiger charge is 2.24. The van der Waals surface area contributed by atoms with Crippen LogP contribution in [0.3, 0.4) is 0 Å². The van der Waals surface area contributed by atoms with Gasteiger partial charge < -0.3 is 10.1 Å². The topological polar surface area (TPSA) is 21.3 Å². The predicted molar refractivity (Wildman–Crippen MR) is 71.7 cm³/mol. The van der Waals surface area contributed by atoms with Gasteiger partial charge in [0.15, 0.2) is 0 Å². The lowest BCUT2D eigenvalue weighted by Gasteiger charge is -2.25. The summed E-state index contributed by atoms with van der Waals surface area (Å²) < 4.78 is 5.76. The minimum absolute atomic E-state index is 0.223. The van der Waals surface area contributed by atoms with Crippen molar-refractivity contribution in [1.29, 1.82) is 0 Å². The Hall–Kier alpha value is -1.02. The van der Waals surface area contributed by atoms with E-state index in [1.807, 2.05) is 7.05 Å². The molecule has 0 heterocycles. The second-order valence-corrected chi connectivity index (χ2v) is 5.58. The fourth-order valence-corrected chi connectivity index (χ4v) is 1.94. The van der Waals surface area contributed by atoms with Crippen LogP contribution in [-0.2, 0) is 5.41 Å². The van der Waals surface area contributed by atoms with Gasteiger partial charge in [0, 0.05) is 0 Å². The van der Waals surface area contributed by atoms with Crippen molar-refractivity contribution in [3.8, 4) is 5.75 Å². The molecule has 1 fully saturated rings. The molecule has 0 radical (unpaired) electrons. The average Bonchev–Trinajstić information content (AvgIpc) is 3.11. The fourth-order valence-electron chi connectivity index (χ4n) is 1.94. The zero-order valence-corrected chi connectivity index (χ0v) is 11.1. The molecular formula is C15H23NO. The molecule has 1 aromatic carbocycles. The number of ether oxygens (including phenoxy) is 1. The first kappa shape index (κ1) is 12.4. The molecule has 0 spiro atoms. The maximum Gasteiger partial charge on any atom is 0.119 e. The zero-order valence-electron chi connectivity index (χ0n) is 11.1. The van der Waals surface area contributed by atoms with E-state index in [4.69, 9.17) is 4.74 Å². The molecule has 2 heteroatoms. The zero-order chi connectivity index (χ0) is 12.3. The SMILES string of the molecule is CNCCC(C)(C)c1ccc(OC2CC2)cc1.